The van der Waals surface area contributed by atoms with Crippen LogP contribution in [0.4, 0.5) is 0 Å². The molecule has 0 aromatic rings. The summed E-state index contributed by atoms with van der Waals surface area (Å²) in [5.41, 5.74) is -1.03. The molecule has 8 heteroatoms. The number of likely N-dealkylation sites (tertiary alicyclic amines) is 1. The SMILES string of the molecule is CN1C(C)(C)CC(OC(=O)CCCCCCCCC(=O)OC2CC(C)(C)N([O-])C(C)(C)C2)CC1(C)C.[Cs+]. The second-order valence-electron chi connectivity index (χ2n) is 13.8. The zero-order chi connectivity index (χ0) is 27.4. The molecule has 2 rings (SSSR count). The van der Waals surface area contributed by atoms with E-state index in [1.807, 2.05) is 27.7 Å². The molecular formula is C29H53CsN2O5. The molecule has 0 atom stereocenters. The summed E-state index contributed by atoms with van der Waals surface area (Å²) in [5.74, 6) is -0.234. The van der Waals surface area contributed by atoms with Gasteiger partial charge in [-0.05, 0) is 75.3 Å². The first-order valence-corrected chi connectivity index (χ1v) is 14.1. The van der Waals surface area contributed by atoms with E-state index in [9.17, 15) is 14.8 Å². The number of piperidine rings is 2. The first-order chi connectivity index (χ1) is 16.5. The summed E-state index contributed by atoms with van der Waals surface area (Å²) in [5, 5.41) is 13.6. The Kier molecular flexibility index (Phi) is 14.2. The van der Waals surface area contributed by atoms with Crippen molar-refractivity contribution in [3.8, 4) is 0 Å². The van der Waals surface area contributed by atoms with E-state index in [0.29, 0.717) is 25.7 Å². The third kappa shape index (κ3) is 11.0. The van der Waals surface area contributed by atoms with Gasteiger partial charge in [0.05, 0.1) is 0 Å². The third-order valence-corrected chi connectivity index (χ3v) is 8.43. The van der Waals surface area contributed by atoms with Crippen LogP contribution in [0, 0.1) is 5.21 Å². The van der Waals surface area contributed by atoms with Crippen LogP contribution in [0.3, 0.4) is 0 Å². The van der Waals surface area contributed by atoms with E-state index in [1.165, 1.54) is 0 Å². The molecule has 0 bridgehead atoms. The standard InChI is InChI=1S/C29H53N2O5.Cs/c1-26(2)18-22(19-27(3,4)30(26)9)35-24(32)16-14-12-10-11-13-15-17-25(33)36-23-20-28(5,6)31(34)29(7,8)21-23;/h22-23H,10-21H2,1-9H3;/q-1;+1. The number of hydroxylamine groups is 2. The summed E-state index contributed by atoms with van der Waals surface area (Å²) in [6.45, 7) is 16.5. The van der Waals surface area contributed by atoms with Crippen LogP contribution in [0.2, 0.25) is 0 Å². The predicted molar refractivity (Wildman–Crippen MR) is 144 cm³/mol. The van der Waals surface area contributed by atoms with Gasteiger partial charge >= 0.3 is 80.8 Å². The van der Waals surface area contributed by atoms with Gasteiger partial charge in [0.25, 0.3) is 0 Å². The van der Waals surface area contributed by atoms with E-state index in [2.05, 4.69) is 39.6 Å². The van der Waals surface area contributed by atoms with Gasteiger partial charge in [0.1, 0.15) is 12.2 Å². The molecule has 37 heavy (non-hydrogen) atoms. The van der Waals surface area contributed by atoms with Crippen molar-refractivity contribution in [3.05, 3.63) is 5.21 Å². The number of hydrogen-bond donors (Lipinski definition) is 0. The zero-order valence-corrected chi connectivity index (χ0v) is 31.9. The van der Waals surface area contributed by atoms with Crippen molar-refractivity contribution in [1.82, 2.24) is 9.96 Å². The van der Waals surface area contributed by atoms with Gasteiger partial charge in [-0.25, -0.2) is 0 Å². The topological polar surface area (TPSA) is 82.1 Å². The first kappa shape index (κ1) is 35.9. The molecule has 0 spiro atoms. The summed E-state index contributed by atoms with van der Waals surface area (Å²) in [7, 11) is 2.15. The molecule has 2 aliphatic rings. The number of hydrogen-bond acceptors (Lipinski definition) is 7. The molecule has 0 amide bonds. The Labute approximate surface area is 285 Å². The van der Waals surface area contributed by atoms with E-state index in [4.69, 9.17) is 9.47 Å². The van der Waals surface area contributed by atoms with Gasteiger partial charge in [0.2, 0.25) is 0 Å². The largest absolute Gasteiger partial charge is 1.00 e. The quantitative estimate of drug-likeness (QED) is 0.253. The molecule has 0 N–H and O–H groups in total. The second-order valence-corrected chi connectivity index (χ2v) is 13.8. The van der Waals surface area contributed by atoms with Gasteiger partial charge in [-0.3, -0.25) is 14.5 Å². The van der Waals surface area contributed by atoms with Crippen LogP contribution in [0.15, 0.2) is 0 Å². The monoisotopic (exact) mass is 642 g/mol. The Morgan fingerprint density at radius 2 is 0.946 bits per heavy atom. The van der Waals surface area contributed by atoms with E-state index < -0.39 is 11.1 Å². The average Bonchev–Trinajstić information content (AvgIpc) is 2.71. The minimum absolute atomic E-state index is 0. The van der Waals surface area contributed by atoms with Crippen LogP contribution in [0.25, 0.3) is 0 Å². The number of esters is 2. The Hall–Kier alpha value is 0.872. The van der Waals surface area contributed by atoms with Crippen LogP contribution in [0.5, 0.6) is 0 Å². The molecule has 7 nitrogen and oxygen atoms in total. The van der Waals surface area contributed by atoms with Gasteiger partial charge in [-0.15, -0.1) is 0 Å². The number of nitrogens with zero attached hydrogens (tertiary/aromatic N) is 2. The molecule has 0 unspecified atom stereocenters. The van der Waals surface area contributed by atoms with Gasteiger partial charge in [0.15, 0.2) is 0 Å². The van der Waals surface area contributed by atoms with Crippen molar-refractivity contribution in [2.75, 3.05) is 7.05 Å². The van der Waals surface area contributed by atoms with Crippen molar-refractivity contribution in [2.45, 2.75) is 167 Å². The van der Waals surface area contributed by atoms with Crippen LogP contribution in [-0.4, -0.2) is 63.3 Å². The average molecular weight is 643 g/mol. The van der Waals surface area contributed by atoms with Crippen LogP contribution < -0.4 is 68.9 Å². The van der Waals surface area contributed by atoms with Gasteiger partial charge in [-0.1, -0.05) is 25.7 Å². The number of unbranched alkanes of at least 4 members (excludes halogenated alkanes) is 5. The predicted octanol–water partition coefficient (Wildman–Crippen LogP) is 3.37. The molecule has 2 heterocycles. The molecule has 2 fully saturated rings. The molecule has 0 saturated carbocycles. The number of carbonyl (C=O) groups is 2. The van der Waals surface area contributed by atoms with Gasteiger partial charge in [0, 0.05) is 60.7 Å². The van der Waals surface area contributed by atoms with E-state index in [-0.39, 0.29) is 104 Å². The molecule has 0 aromatic carbocycles. The van der Waals surface area contributed by atoms with Crippen molar-refractivity contribution < 1.29 is 88.0 Å². The summed E-state index contributed by atoms with van der Waals surface area (Å²) >= 11 is 0. The van der Waals surface area contributed by atoms with Crippen molar-refractivity contribution in [3.63, 3.8) is 0 Å². The zero-order valence-electron chi connectivity index (χ0n) is 25.6. The van der Waals surface area contributed by atoms with Crippen LogP contribution >= 0.6 is 0 Å². The normalized spacial score (nSPS) is 23.7. The Morgan fingerprint density at radius 3 is 1.30 bits per heavy atom. The minimum atomic E-state index is -0.528. The molecular weight excluding hydrogens is 589 g/mol. The molecule has 2 aliphatic heterocycles. The van der Waals surface area contributed by atoms with Crippen LogP contribution in [0.1, 0.15) is 132 Å². The Morgan fingerprint density at radius 1 is 0.649 bits per heavy atom. The van der Waals surface area contributed by atoms with E-state index >= 15 is 0 Å². The van der Waals surface area contributed by atoms with Crippen molar-refractivity contribution >= 4 is 11.9 Å². The summed E-state index contributed by atoms with van der Waals surface area (Å²) < 4.78 is 11.6. The number of ether oxygens (including phenoxy) is 2. The Bertz CT molecular complexity index is 655. The maximum Gasteiger partial charge on any atom is 1.00 e. The number of carbonyl (C=O) groups excluding carboxylic acids is 2. The third-order valence-electron chi connectivity index (χ3n) is 8.43. The minimum Gasteiger partial charge on any atom is -0.784 e. The van der Waals surface area contributed by atoms with Gasteiger partial charge in [-0.2, -0.15) is 0 Å². The fourth-order valence-corrected chi connectivity index (χ4v) is 6.35. The molecule has 2 saturated heterocycles. The van der Waals surface area contributed by atoms with Gasteiger partial charge < -0.3 is 19.7 Å². The molecule has 0 aromatic heterocycles. The fourth-order valence-electron chi connectivity index (χ4n) is 6.35. The molecule has 0 radical (unpaired) electrons. The maximum absolute atomic E-state index is 12.5. The summed E-state index contributed by atoms with van der Waals surface area (Å²) in [4.78, 5) is 27.1. The van der Waals surface area contributed by atoms with Crippen molar-refractivity contribution in [1.29, 1.82) is 0 Å². The van der Waals surface area contributed by atoms with Crippen LogP contribution in [-0.2, 0) is 19.1 Å². The maximum atomic E-state index is 12.5. The summed E-state index contributed by atoms with van der Waals surface area (Å²) in [6.07, 6.45) is 9.34. The second kappa shape index (κ2) is 14.7. The Balaban J connectivity index is 0.00000684. The van der Waals surface area contributed by atoms with E-state index in [0.717, 1.165) is 56.4 Å². The number of rotatable bonds is 11. The smallest absolute Gasteiger partial charge is 0.784 e. The van der Waals surface area contributed by atoms with Crippen molar-refractivity contribution in [2.24, 2.45) is 0 Å². The fraction of sp³-hybridized carbons (Fsp3) is 0.931. The molecule has 210 valence electrons. The molecule has 0 aliphatic carbocycles. The first-order valence-electron chi connectivity index (χ1n) is 14.1. The summed E-state index contributed by atoms with van der Waals surface area (Å²) in [6, 6.07) is 0. The van der Waals surface area contributed by atoms with E-state index in [1.54, 1.807) is 0 Å².